The number of hydrogen-bond donors (Lipinski definition) is 0. The van der Waals surface area contributed by atoms with Crippen LogP contribution < -0.4 is 0 Å². The number of pyridine rings is 1. The highest BCUT2D eigenvalue weighted by Crippen LogP contribution is 2.26. The van der Waals surface area contributed by atoms with E-state index in [1.54, 1.807) is 12.4 Å². The Morgan fingerprint density at radius 3 is 2.66 bits per heavy atom. The average Bonchev–Trinajstić information content (AvgIpc) is 3.43. The molecule has 0 atom stereocenters. The molecule has 2 aliphatic rings. The van der Waals surface area contributed by atoms with Crippen LogP contribution in [0.25, 0.3) is 11.5 Å². The van der Waals surface area contributed by atoms with E-state index in [0.29, 0.717) is 25.4 Å². The van der Waals surface area contributed by atoms with Crippen molar-refractivity contribution >= 4 is 5.91 Å². The second-order valence-corrected chi connectivity index (χ2v) is 7.79. The van der Waals surface area contributed by atoms with Gasteiger partial charge in [0.15, 0.2) is 0 Å². The number of carbonyl (C=O) groups excluding carboxylic acids is 1. The van der Waals surface area contributed by atoms with Crippen LogP contribution in [0.3, 0.4) is 0 Å². The molecule has 0 spiro atoms. The van der Waals surface area contributed by atoms with Gasteiger partial charge in [-0.25, -0.2) is 4.98 Å². The molecule has 29 heavy (non-hydrogen) atoms. The molecule has 4 heterocycles. The largest absolute Gasteiger partial charge is 0.441 e. The van der Waals surface area contributed by atoms with E-state index in [9.17, 15) is 4.79 Å². The number of amides is 1. The lowest BCUT2D eigenvalue weighted by molar-refractivity contribution is 0.0728. The van der Waals surface area contributed by atoms with Gasteiger partial charge in [0.25, 0.3) is 5.91 Å². The second kappa shape index (κ2) is 7.79. The normalized spacial score (nSPS) is 16.8. The quantitative estimate of drug-likeness (QED) is 0.684. The number of oxazole rings is 1. The third kappa shape index (κ3) is 3.80. The molecule has 3 aromatic rings. The lowest BCUT2D eigenvalue weighted by atomic mass is 10.1. The number of likely N-dealkylation sites (tertiary alicyclic amines) is 1. The first-order chi connectivity index (χ1) is 14.3. The molecule has 0 N–H and O–H groups in total. The molecular weight excluding hydrogens is 364 g/mol. The number of benzene rings is 1. The Kier molecular flexibility index (Phi) is 4.86. The van der Waals surface area contributed by atoms with Crippen LogP contribution in [0, 0.1) is 0 Å². The van der Waals surface area contributed by atoms with E-state index < -0.39 is 0 Å². The zero-order chi connectivity index (χ0) is 19.6. The fourth-order valence-corrected chi connectivity index (χ4v) is 4.12. The highest BCUT2D eigenvalue weighted by Gasteiger charge is 2.26. The average molecular weight is 388 g/mol. The molecule has 148 valence electrons. The van der Waals surface area contributed by atoms with Crippen LogP contribution in [0.15, 0.2) is 53.2 Å². The molecule has 1 saturated heterocycles. The van der Waals surface area contributed by atoms with Gasteiger partial charge in [-0.15, -0.1) is 0 Å². The minimum Gasteiger partial charge on any atom is -0.441 e. The molecule has 5 rings (SSSR count). The maximum atomic E-state index is 13.0. The first kappa shape index (κ1) is 18.1. The predicted molar refractivity (Wildman–Crippen MR) is 109 cm³/mol. The molecule has 2 aliphatic heterocycles. The van der Waals surface area contributed by atoms with E-state index in [4.69, 9.17) is 4.42 Å². The van der Waals surface area contributed by atoms with Crippen LogP contribution >= 0.6 is 0 Å². The molecule has 6 nitrogen and oxygen atoms in total. The summed E-state index contributed by atoms with van der Waals surface area (Å²) < 4.78 is 5.91. The van der Waals surface area contributed by atoms with E-state index >= 15 is 0 Å². The van der Waals surface area contributed by atoms with Crippen molar-refractivity contribution in [2.24, 2.45) is 0 Å². The molecule has 1 amide bonds. The van der Waals surface area contributed by atoms with E-state index in [1.165, 1.54) is 31.5 Å². The maximum absolute atomic E-state index is 13.0. The molecular formula is C23H24N4O2. The molecule has 0 bridgehead atoms. The first-order valence-electron chi connectivity index (χ1n) is 10.3. The van der Waals surface area contributed by atoms with E-state index in [2.05, 4.69) is 27.0 Å². The van der Waals surface area contributed by atoms with Crippen molar-refractivity contribution in [3.05, 3.63) is 71.4 Å². The van der Waals surface area contributed by atoms with Crippen LogP contribution in [0.1, 0.15) is 40.2 Å². The van der Waals surface area contributed by atoms with Gasteiger partial charge >= 0.3 is 0 Å². The molecule has 6 heteroatoms. The van der Waals surface area contributed by atoms with Crippen LogP contribution in [-0.2, 0) is 19.5 Å². The van der Waals surface area contributed by atoms with Gasteiger partial charge in [-0.05, 0) is 55.8 Å². The van der Waals surface area contributed by atoms with Crippen LogP contribution in [0.5, 0.6) is 0 Å². The van der Waals surface area contributed by atoms with Gasteiger partial charge < -0.3 is 9.32 Å². The monoisotopic (exact) mass is 388 g/mol. The van der Waals surface area contributed by atoms with Gasteiger partial charge in [-0.1, -0.05) is 12.1 Å². The molecule has 2 aromatic heterocycles. The summed E-state index contributed by atoms with van der Waals surface area (Å²) in [6, 6.07) is 11.9. The molecule has 0 unspecified atom stereocenters. The predicted octanol–water partition coefficient (Wildman–Crippen LogP) is 3.53. The Hall–Kier alpha value is -2.99. The molecule has 1 aromatic carbocycles. The van der Waals surface area contributed by atoms with Crippen LogP contribution in [-0.4, -0.2) is 45.3 Å². The van der Waals surface area contributed by atoms with E-state index in [-0.39, 0.29) is 5.91 Å². The molecule has 1 fully saturated rings. The number of carbonyl (C=O) groups is 1. The third-order valence-corrected chi connectivity index (χ3v) is 5.73. The Morgan fingerprint density at radius 2 is 1.90 bits per heavy atom. The molecule has 0 aliphatic carbocycles. The first-order valence-corrected chi connectivity index (χ1v) is 10.3. The van der Waals surface area contributed by atoms with Crippen LogP contribution in [0.2, 0.25) is 0 Å². The summed E-state index contributed by atoms with van der Waals surface area (Å²) in [7, 11) is 0. The minimum absolute atomic E-state index is 0.0503. The zero-order valence-electron chi connectivity index (χ0n) is 16.4. The summed E-state index contributed by atoms with van der Waals surface area (Å²) in [6.45, 7) is 4.44. The lowest BCUT2D eigenvalue weighted by Gasteiger charge is -2.25. The Labute approximate surface area is 170 Å². The smallest absolute Gasteiger partial charge is 0.254 e. The maximum Gasteiger partial charge on any atom is 0.254 e. The highest BCUT2D eigenvalue weighted by atomic mass is 16.4. The Balaban J connectivity index is 1.27. The van der Waals surface area contributed by atoms with Gasteiger partial charge in [0, 0.05) is 37.5 Å². The Morgan fingerprint density at radius 1 is 1.07 bits per heavy atom. The van der Waals surface area contributed by atoms with Crippen molar-refractivity contribution in [2.45, 2.75) is 32.4 Å². The summed E-state index contributed by atoms with van der Waals surface area (Å²) in [5, 5.41) is 0. The van der Waals surface area contributed by atoms with Gasteiger partial charge in [0.2, 0.25) is 5.89 Å². The molecule has 0 radical (unpaired) electrons. The number of fused-ring (bicyclic) bond motifs is 1. The second-order valence-electron chi connectivity index (χ2n) is 7.79. The Bertz CT molecular complexity index is 991. The summed E-state index contributed by atoms with van der Waals surface area (Å²) in [5.74, 6) is 1.49. The van der Waals surface area contributed by atoms with Gasteiger partial charge in [-0.3, -0.25) is 14.7 Å². The van der Waals surface area contributed by atoms with E-state index in [1.807, 2.05) is 29.2 Å². The minimum atomic E-state index is 0.0503. The van der Waals surface area contributed by atoms with Crippen molar-refractivity contribution < 1.29 is 9.21 Å². The number of nitrogens with zero attached hydrogens (tertiary/aromatic N) is 4. The number of hydrogen-bond acceptors (Lipinski definition) is 5. The summed E-state index contributed by atoms with van der Waals surface area (Å²) in [6.07, 6.45) is 6.73. The fraction of sp³-hybridized carbons (Fsp3) is 0.348. The number of aromatic nitrogens is 2. The van der Waals surface area contributed by atoms with Crippen molar-refractivity contribution in [2.75, 3.05) is 19.6 Å². The van der Waals surface area contributed by atoms with E-state index in [0.717, 1.165) is 29.1 Å². The third-order valence-electron chi connectivity index (χ3n) is 5.73. The summed E-state index contributed by atoms with van der Waals surface area (Å²) in [4.78, 5) is 26.0. The number of rotatable bonds is 4. The topological polar surface area (TPSA) is 62.5 Å². The molecule has 0 saturated carbocycles. The zero-order valence-corrected chi connectivity index (χ0v) is 16.4. The fourth-order valence-electron chi connectivity index (χ4n) is 4.12. The van der Waals surface area contributed by atoms with Gasteiger partial charge in [0.1, 0.15) is 11.5 Å². The van der Waals surface area contributed by atoms with Crippen molar-refractivity contribution in [3.8, 4) is 11.5 Å². The standard InChI is InChI=1S/C23H24N4O2/c28-23(18-7-5-17(6-8-18)15-26-11-1-2-12-26)27-13-9-21-20(16-27)25-22(29-21)19-4-3-10-24-14-19/h3-8,10,14H,1-2,9,11-13,15-16H2. The van der Waals surface area contributed by atoms with Crippen molar-refractivity contribution in [1.82, 2.24) is 19.8 Å². The lowest BCUT2D eigenvalue weighted by Crippen LogP contribution is -2.35. The van der Waals surface area contributed by atoms with Gasteiger partial charge in [0.05, 0.1) is 12.1 Å². The van der Waals surface area contributed by atoms with Crippen LogP contribution in [0.4, 0.5) is 0 Å². The van der Waals surface area contributed by atoms with Crippen molar-refractivity contribution in [1.29, 1.82) is 0 Å². The van der Waals surface area contributed by atoms with Gasteiger partial charge in [-0.2, -0.15) is 0 Å². The summed E-state index contributed by atoms with van der Waals surface area (Å²) >= 11 is 0. The van der Waals surface area contributed by atoms with Crippen molar-refractivity contribution in [3.63, 3.8) is 0 Å². The summed E-state index contributed by atoms with van der Waals surface area (Å²) in [5.41, 5.74) is 3.69. The SMILES string of the molecule is O=C(c1ccc(CN2CCCC2)cc1)N1CCc2oc(-c3cccnc3)nc2C1. The highest BCUT2D eigenvalue weighted by molar-refractivity contribution is 5.94.